The molecule has 0 fully saturated rings. The van der Waals surface area contributed by atoms with Gasteiger partial charge in [0.05, 0.1) is 12.2 Å². The molecule has 4 nitrogen and oxygen atoms in total. The fourth-order valence-corrected chi connectivity index (χ4v) is 3.43. The van der Waals surface area contributed by atoms with Crippen LogP contribution < -0.4 is 0 Å². The molecule has 0 unspecified atom stereocenters. The van der Waals surface area contributed by atoms with Gasteiger partial charge in [-0.1, -0.05) is 83.1 Å². The van der Waals surface area contributed by atoms with E-state index in [4.69, 9.17) is 9.47 Å². The summed E-state index contributed by atoms with van der Waals surface area (Å²) in [6.07, 6.45) is 22.8. The van der Waals surface area contributed by atoms with E-state index in [1.807, 2.05) is 33.8 Å². The zero-order valence-corrected chi connectivity index (χ0v) is 20.3. The van der Waals surface area contributed by atoms with Crippen LogP contribution in [-0.2, 0) is 19.1 Å². The summed E-state index contributed by atoms with van der Waals surface area (Å²) in [4.78, 5) is 22.8. The fraction of sp³-hybridized carbons (Fsp3) is 0.846. The lowest BCUT2D eigenvalue weighted by molar-refractivity contribution is -0.147. The number of unbranched alkanes of at least 4 members (excludes halogenated alkanes) is 14. The SMILES string of the molecule is CC(C)OC(=O)/C=C/CCCCCCCCCCCCCCCCC(=O)OC(C)C. The summed E-state index contributed by atoms with van der Waals surface area (Å²) in [5.74, 6) is -0.279. The zero-order chi connectivity index (χ0) is 22.5. The Morgan fingerprint density at radius 3 is 1.43 bits per heavy atom. The summed E-state index contributed by atoms with van der Waals surface area (Å²) in [6.45, 7) is 7.53. The lowest BCUT2D eigenvalue weighted by Gasteiger charge is -2.07. The first kappa shape index (κ1) is 28.7. The molecule has 0 spiro atoms. The zero-order valence-electron chi connectivity index (χ0n) is 20.3. The predicted octanol–water partition coefficient (Wildman–Crippen LogP) is 7.69. The maximum absolute atomic E-state index is 11.4. The molecule has 0 saturated carbocycles. The highest BCUT2D eigenvalue weighted by molar-refractivity contribution is 5.81. The molecule has 0 saturated heterocycles. The Kier molecular flexibility index (Phi) is 20.0. The van der Waals surface area contributed by atoms with Crippen molar-refractivity contribution in [1.82, 2.24) is 0 Å². The van der Waals surface area contributed by atoms with Gasteiger partial charge in [-0.3, -0.25) is 4.79 Å². The molecule has 0 N–H and O–H groups in total. The van der Waals surface area contributed by atoms with Crippen LogP contribution in [0.5, 0.6) is 0 Å². The fourth-order valence-electron chi connectivity index (χ4n) is 3.43. The molecule has 0 aliphatic rings. The Hall–Kier alpha value is -1.32. The number of carbonyl (C=O) groups is 2. The Morgan fingerprint density at radius 1 is 0.600 bits per heavy atom. The van der Waals surface area contributed by atoms with Gasteiger partial charge in [-0.15, -0.1) is 0 Å². The van der Waals surface area contributed by atoms with Crippen LogP contribution in [-0.4, -0.2) is 24.1 Å². The van der Waals surface area contributed by atoms with Crippen LogP contribution in [0, 0.1) is 0 Å². The lowest BCUT2D eigenvalue weighted by atomic mass is 10.0. The predicted molar refractivity (Wildman–Crippen MR) is 125 cm³/mol. The Labute approximate surface area is 186 Å². The summed E-state index contributed by atoms with van der Waals surface area (Å²) in [5, 5.41) is 0. The van der Waals surface area contributed by atoms with Crippen LogP contribution in [0.15, 0.2) is 12.2 Å². The van der Waals surface area contributed by atoms with Crippen molar-refractivity contribution in [2.24, 2.45) is 0 Å². The van der Waals surface area contributed by atoms with E-state index in [1.54, 1.807) is 6.08 Å². The van der Waals surface area contributed by atoms with E-state index in [2.05, 4.69) is 0 Å². The van der Waals surface area contributed by atoms with Gasteiger partial charge in [0.25, 0.3) is 0 Å². The second kappa shape index (κ2) is 20.9. The molecule has 0 aromatic heterocycles. The van der Waals surface area contributed by atoms with E-state index >= 15 is 0 Å². The molecular formula is C26H48O4. The molecule has 0 heterocycles. The molecule has 0 rings (SSSR count). The number of allylic oxidation sites excluding steroid dienone is 1. The smallest absolute Gasteiger partial charge is 0.330 e. The van der Waals surface area contributed by atoms with Crippen molar-refractivity contribution >= 4 is 11.9 Å². The minimum atomic E-state index is -0.228. The average molecular weight is 425 g/mol. The topological polar surface area (TPSA) is 52.6 Å². The second-order valence-electron chi connectivity index (χ2n) is 8.92. The standard InChI is InChI=1S/C26H48O4/c1-23(2)29-25(27)21-19-17-15-13-11-9-7-5-6-8-10-12-14-16-18-20-22-26(28)30-24(3)4/h19,21,23-24H,5-18,20,22H2,1-4H3/b21-19+. The molecule has 0 bridgehead atoms. The van der Waals surface area contributed by atoms with Gasteiger partial charge in [-0.25, -0.2) is 4.79 Å². The van der Waals surface area contributed by atoms with Crippen LogP contribution in [0.3, 0.4) is 0 Å². The minimum absolute atomic E-state index is 0.00756. The third-order valence-corrected chi connectivity index (χ3v) is 4.97. The van der Waals surface area contributed by atoms with E-state index in [0.29, 0.717) is 6.42 Å². The minimum Gasteiger partial charge on any atom is -0.463 e. The van der Waals surface area contributed by atoms with E-state index < -0.39 is 0 Å². The van der Waals surface area contributed by atoms with Gasteiger partial charge in [0.1, 0.15) is 0 Å². The van der Waals surface area contributed by atoms with Crippen molar-refractivity contribution in [3.05, 3.63) is 12.2 Å². The molecule has 0 amide bonds. The van der Waals surface area contributed by atoms with Gasteiger partial charge >= 0.3 is 11.9 Å². The van der Waals surface area contributed by atoms with Crippen molar-refractivity contribution in [3.63, 3.8) is 0 Å². The van der Waals surface area contributed by atoms with E-state index in [9.17, 15) is 9.59 Å². The van der Waals surface area contributed by atoms with Crippen molar-refractivity contribution in [2.75, 3.05) is 0 Å². The van der Waals surface area contributed by atoms with Crippen LogP contribution in [0.4, 0.5) is 0 Å². The molecule has 0 radical (unpaired) electrons. The summed E-state index contributed by atoms with van der Waals surface area (Å²) >= 11 is 0. The maximum Gasteiger partial charge on any atom is 0.330 e. The largest absolute Gasteiger partial charge is 0.463 e. The first-order valence-electron chi connectivity index (χ1n) is 12.5. The average Bonchev–Trinajstić information content (AvgIpc) is 2.65. The van der Waals surface area contributed by atoms with Gasteiger partial charge in [0.15, 0.2) is 0 Å². The molecule has 176 valence electrons. The van der Waals surface area contributed by atoms with Crippen LogP contribution in [0.25, 0.3) is 0 Å². The third-order valence-electron chi connectivity index (χ3n) is 4.97. The number of hydrogen-bond donors (Lipinski definition) is 0. The van der Waals surface area contributed by atoms with E-state index in [1.165, 1.54) is 70.6 Å². The van der Waals surface area contributed by atoms with Crippen LogP contribution in [0.2, 0.25) is 0 Å². The number of rotatable bonds is 20. The molecule has 0 aromatic rings. The summed E-state index contributed by atoms with van der Waals surface area (Å²) in [7, 11) is 0. The van der Waals surface area contributed by atoms with Crippen LogP contribution in [0.1, 0.15) is 130 Å². The molecule has 0 atom stereocenters. The number of hydrogen-bond acceptors (Lipinski definition) is 4. The van der Waals surface area contributed by atoms with E-state index in [-0.39, 0.29) is 24.1 Å². The molecule has 0 aliphatic heterocycles. The van der Waals surface area contributed by atoms with Crippen molar-refractivity contribution in [2.45, 2.75) is 143 Å². The van der Waals surface area contributed by atoms with Crippen molar-refractivity contribution in [1.29, 1.82) is 0 Å². The summed E-state index contributed by atoms with van der Waals surface area (Å²) in [5.41, 5.74) is 0. The van der Waals surface area contributed by atoms with Gasteiger partial charge in [-0.2, -0.15) is 0 Å². The van der Waals surface area contributed by atoms with Gasteiger partial charge in [0, 0.05) is 12.5 Å². The van der Waals surface area contributed by atoms with Crippen molar-refractivity contribution in [3.8, 4) is 0 Å². The first-order valence-corrected chi connectivity index (χ1v) is 12.5. The summed E-state index contributed by atoms with van der Waals surface area (Å²) < 4.78 is 10.2. The Morgan fingerprint density at radius 2 is 1.00 bits per heavy atom. The van der Waals surface area contributed by atoms with E-state index in [0.717, 1.165) is 25.7 Å². The monoisotopic (exact) mass is 424 g/mol. The Bertz CT molecular complexity index is 440. The number of ether oxygens (including phenoxy) is 2. The van der Waals surface area contributed by atoms with Gasteiger partial charge in [-0.05, 0) is 47.0 Å². The third kappa shape index (κ3) is 23.0. The first-order chi connectivity index (χ1) is 14.4. The molecule has 4 heteroatoms. The molecule has 0 aliphatic carbocycles. The Balaban J connectivity index is 3.20. The highest BCUT2D eigenvalue weighted by atomic mass is 16.5. The highest BCUT2D eigenvalue weighted by Gasteiger charge is 2.04. The normalized spacial score (nSPS) is 11.5. The second-order valence-corrected chi connectivity index (χ2v) is 8.92. The number of esters is 2. The highest BCUT2D eigenvalue weighted by Crippen LogP contribution is 2.14. The van der Waals surface area contributed by atoms with Crippen LogP contribution >= 0.6 is 0 Å². The van der Waals surface area contributed by atoms with Crippen molar-refractivity contribution < 1.29 is 19.1 Å². The quantitative estimate of drug-likeness (QED) is 0.114. The molecule has 0 aromatic carbocycles. The van der Waals surface area contributed by atoms with Gasteiger partial charge in [0.2, 0.25) is 0 Å². The summed E-state index contributed by atoms with van der Waals surface area (Å²) in [6, 6.07) is 0. The number of carbonyl (C=O) groups excluding carboxylic acids is 2. The molecular weight excluding hydrogens is 376 g/mol. The molecule has 30 heavy (non-hydrogen) atoms. The van der Waals surface area contributed by atoms with Gasteiger partial charge < -0.3 is 9.47 Å². The lowest BCUT2D eigenvalue weighted by Crippen LogP contribution is -2.10. The maximum atomic E-state index is 11.4.